The molecular formula is C15H11ClF3N5O2S. The minimum atomic E-state index is -4.63. The molecule has 0 unspecified atom stereocenters. The summed E-state index contributed by atoms with van der Waals surface area (Å²) in [7, 11) is 0. The van der Waals surface area contributed by atoms with Crippen molar-refractivity contribution in [2.45, 2.75) is 19.6 Å². The van der Waals surface area contributed by atoms with E-state index in [1.54, 1.807) is 6.92 Å². The van der Waals surface area contributed by atoms with Gasteiger partial charge in [0.15, 0.2) is 10.7 Å². The maximum atomic E-state index is 12.7. The fraction of sp³-hybridized carbons (Fsp3) is 0.200. The minimum Gasteiger partial charge on any atom is -0.366 e. The van der Waals surface area contributed by atoms with Gasteiger partial charge in [0.05, 0.1) is 17.9 Å². The Morgan fingerprint density at radius 3 is 2.70 bits per heavy atom. The van der Waals surface area contributed by atoms with Crippen LogP contribution < -0.4 is 11.3 Å². The second kappa shape index (κ2) is 6.82. The third-order valence-electron chi connectivity index (χ3n) is 3.53. The Hall–Kier alpha value is -2.66. The lowest BCUT2D eigenvalue weighted by Crippen LogP contribution is -2.17. The van der Waals surface area contributed by atoms with Gasteiger partial charge in [-0.3, -0.25) is 14.0 Å². The molecule has 0 bridgehead atoms. The van der Waals surface area contributed by atoms with Crippen molar-refractivity contribution in [2.24, 2.45) is 5.73 Å². The lowest BCUT2D eigenvalue weighted by Gasteiger charge is -2.04. The Morgan fingerprint density at radius 1 is 1.41 bits per heavy atom. The van der Waals surface area contributed by atoms with Gasteiger partial charge in [-0.05, 0) is 13.0 Å². The molecule has 0 saturated heterocycles. The van der Waals surface area contributed by atoms with Crippen LogP contribution in [0.25, 0.3) is 11.0 Å². The third kappa shape index (κ3) is 3.88. The predicted molar refractivity (Wildman–Crippen MR) is 93.6 cm³/mol. The van der Waals surface area contributed by atoms with Crippen LogP contribution in [0.3, 0.4) is 0 Å². The van der Waals surface area contributed by atoms with Gasteiger partial charge < -0.3 is 5.73 Å². The number of alkyl halides is 3. The van der Waals surface area contributed by atoms with Gasteiger partial charge in [0.25, 0.3) is 5.56 Å². The number of rotatable bonds is 4. The Bertz CT molecular complexity index is 1130. The highest BCUT2D eigenvalue weighted by Crippen LogP contribution is 2.30. The maximum absolute atomic E-state index is 12.7. The zero-order chi connectivity index (χ0) is 19.9. The van der Waals surface area contributed by atoms with Gasteiger partial charge in [0.1, 0.15) is 5.15 Å². The number of thiazole rings is 1. The van der Waals surface area contributed by atoms with Crippen LogP contribution in [-0.4, -0.2) is 25.1 Å². The van der Waals surface area contributed by atoms with E-state index in [1.165, 1.54) is 27.9 Å². The molecule has 0 aliphatic rings. The van der Waals surface area contributed by atoms with E-state index >= 15 is 0 Å². The number of aryl methyl sites for hydroxylation is 1. The number of carbonyl (C=O) groups is 1. The van der Waals surface area contributed by atoms with E-state index in [9.17, 15) is 22.8 Å². The van der Waals surface area contributed by atoms with Crippen molar-refractivity contribution in [3.63, 3.8) is 0 Å². The quantitative estimate of drug-likeness (QED) is 0.660. The number of hydrogen-bond donors (Lipinski definition) is 1. The predicted octanol–water partition coefficient (Wildman–Crippen LogP) is 2.48. The van der Waals surface area contributed by atoms with E-state index in [0.29, 0.717) is 21.6 Å². The van der Waals surface area contributed by atoms with Crippen LogP contribution in [0.15, 0.2) is 23.0 Å². The summed E-state index contributed by atoms with van der Waals surface area (Å²) in [5, 5.41) is 3.18. The van der Waals surface area contributed by atoms with Crippen molar-refractivity contribution >= 4 is 39.9 Å². The molecule has 0 saturated carbocycles. The minimum absolute atomic E-state index is 0.199. The first-order chi connectivity index (χ1) is 12.6. The molecule has 3 rings (SSSR count). The molecule has 1 amide bonds. The molecular weight excluding hydrogens is 407 g/mol. The second-order valence-electron chi connectivity index (χ2n) is 5.49. The van der Waals surface area contributed by atoms with Crippen LogP contribution >= 0.6 is 22.9 Å². The zero-order valence-electron chi connectivity index (χ0n) is 13.6. The Kier molecular flexibility index (Phi) is 4.82. The fourth-order valence-electron chi connectivity index (χ4n) is 2.37. The first kappa shape index (κ1) is 19.1. The highest BCUT2D eigenvalue weighted by atomic mass is 35.5. The number of carbonyl (C=O) groups excluding carboxylic acids is 1. The molecule has 12 heteroatoms. The largest absolute Gasteiger partial charge is 0.435 e. The first-order valence-electron chi connectivity index (χ1n) is 7.36. The molecule has 0 spiro atoms. The van der Waals surface area contributed by atoms with E-state index in [1.807, 2.05) is 0 Å². The van der Waals surface area contributed by atoms with Crippen LogP contribution in [0.1, 0.15) is 22.0 Å². The van der Waals surface area contributed by atoms with Gasteiger partial charge in [-0.1, -0.05) is 11.6 Å². The van der Waals surface area contributed by atoms with Gasteiger partial charge in [-0.15, -0.1) is 11.3 Å². The van der Waals surface area contributed by atoms with Crippen molar-refractivity contribution in [1.29, 1.82) is 0 Å². The molecule has 0 aliphatic heterocycles. The van der Waals surface area contributed by atoms with Crippen LogP contribution in [0.4, 0.5) is 13.2 Å². The summed E-state index contributed by atoms with van der Waals surface area (Å²) < 4.78 is 40.4. The molecule has 0 aliphatic carbocycles. The zero-order valence-corrected chi connectivity index (χ0v) is 15.2. The van der Waals surface area contributed by atoms with Crippen LogP contribution in [0, 0.1) is 6.92 Å². The topological polar surface area (TPSA) is 95.3 Å². The second-order valence-corrected chi connectivity index (χ2v) is 7.06. The van der Waals surface area contributed by atoms with Gasteiger partial charge >= 0.3 is 6.18 Å². The summed E-state index contributed by atoms with van der Waals surface area (Å²) in [6.45, 7) is 1.53. The average Bonchev–Trinajstić information content (AvgIpc) is 3.05. The maximum Gasteiger partial charge on any atom is 0.435 e. The van der Waals surface area contributed by atoms with E-state index in [0.717, 1.165) is 10.8 Å². The highest BCUT2D eigenvalue weighted by molar-refractivity contribution is 7.17. The summed E-state index contributed by atoms with van der Waals surface area (Å²) in [5.74, 6) is -0.667. The smallest absolute Gasteiger partial charge is 0.366 e. The number of primary amides is 1. The Balaban J connectivity index is 2.02. The van der Waals surface area contributed by atoms with Gasteiger partial charge in [0, 0.05) is 23.1 Å². The number of nitrogens with two attached hydrogens (primary N) is 1. The molecule has 0 aromatic carbocycles. The van der Waals surface area contributed by atoms with E-state index in [2.05, 4.69) is 10.1 Å². The van der Waals surface area contributed by atoms with E-state index in [-0.39, 0.29) is 17.4 Å². The number of amides is 1. The molecule has 3 aromatic heterocycles. The SMILES string of the molecule is Cc1sc2nc(Cn3nc(C(F)(F)F)cc3Cl)cc(=O)n2c1/C=C/C(N)=O. The lowest BCUT2D eigenvalue weighted by atomic mass is 10.3. The number of aromatic nitrogens is 4. The van der Waals surface area contributed by atoms with Gasteiger partial charge in [-0.25, -0.2) is 9.67 Å². The molecule has 7 nitrogen and oxygen atoms in total. The Labute approximate surface area is 158 Å². The average molecular weight is 418 g/mol. The molecule has 27 heavy (non-hydrogen) atoms. The van der Waals surface area contributed by atoms with Crippen molar-refractivity contribution in [3.05, 3.63) is 55.7 Å². The molecule has 142 valence electrons. The van der Waals surface area contributed by atoms with Crippen molar-refractivity contribution in [1.82, 2.24) is 19.2 Å². The molecule has 0 radical (unpaired) electrons. The number of hydrogen-bond acceptors (Lipinski definition) is 5. The molecule has 2 N–H and O–H groups in total. The number of fused-ring (bicyclic) bond motifs is 1. The summed E-state index contributed by atoms with van der Waals surface area (Å²) >= 11 is 6.99. The molecule has 3 heterocycles. The third-order valence-corrected chi connectivity index (χ3v) is 4.80. The standard InChI is InChI=1S/C15H11ClF3N5O2S/c1-7-9(2-3-12(20)25)24-13(26)4-8(21-14(24)27-7)6-23-11(16)5-10(22-23)15(17,18)19/h2-5H,6H2,1H3,(H2,20,25)/b3-2+. The van der Waals surface area contributed by atoms with Crippen LogP contribution in [-0.2, 0) is 17.5 Å². The number of nitrogens with zero attached hydrogens (tertiary/aromatic N) is 4. The van der Waals surface area contributed by atoms with Gasteiger partial charge in [-0.2, -0.15) is 18.3 Å². The summed E-state index contributed by atoms with van der Waals surface area (Å²) in [6, 6.07) is 1.88. The fourth-order valence-corrected chi connectivity index (χ4v) is 3.56. The summed E-state index contributed by atoms with van der Waals surface area (Å²) in [4.78, 5) is 28.7. The summed E-state index contributed by atoms with van der Waals surface area (Å²) in [6.07, 6.45) is -2.10. The monoisotopic (exact) mass is 417 g/mol. The lowest BCUT2D eigenvalue weighted by molar-refractivity contribution is -0.141. The first-order valence-corrected chi connectivity index (χ1v) is 8.56. The Morgan fingerprint density at radius 2 is 2.11 bits per heavy atom. The van der Waals surface area contributed by atoms with E-state index < -0.39 is 23.3 Å². The number of halogens is 4. The molecule has 0 fully saturated rings. The molecule has 0 atom stereocenters. The highest BCUT2D eigenvalue weighted by Gasteiger charge is 2.34. The van der Waals surface area contributed by atoms with Gasteiger partial charge in [0.2, 0.25) is 5.91 Å². The van der Waals surface area contributed by atoms with Crippen molar-refractivity contribution < 1.29 is 18.0 Å². The van der Waals surface area contributed by atoms with Crippen molar-refractivity contribution in [2.75, 3.05) is 0 Å². The van der Waals surface area contributed by atoms with Crippen molar-refractivity contribution in [3.8, 4) is 0 Å². The van der Waals surface area contributed by atoms with E-state index in [4.69, 9.17) is 17.3 Å². The van der Waals surface area contributed by atoms with Crippen LogP contribution in [0.2, 0.25) is 5.15 Å². The summed E-state index contributed by atoms with van der Waals surface area (Å²) in [5.41, 5.74) is 4.14. The molecule has 3 aromatic rings. The van der Waals surface area contributed by atoms with Crippen LogP contribution in [0.5, 0.6) is 0 Å². The normalized spacial score (nSPS) is 12.3.